The molecular weight excluding hydrogens is 122 g/mol. The Labute approximate surface area is 54.2 Å². The number of aliphatic hydroxyl groups excluding tert-OH is 2. The lowest BCUT2D eigenvalue weighted by Gasteiger charge is -2.13. The largest absolute Gasteiger partial charge is 0.389 e. The minimum absolute atomic E-state index is 0.0600. The summed E-state index contributed by atoms with van der Waals surface area (Å²) >= 11 is 0. The van der Waals surface area contributed by atoms with E-state index in [1.807, 2.05) is 0 Å². The average Bonchev–Trinajstić information content (AvgIpc) is 1.87. The van der Waals surface area contributed by atoms with Gasteiger partial charge in [-0.1, -0.05) is 0 Å². The standard InChI is InChI=1S/C5H13NO3/c1-9-3-5(8)4(7)2-6/h4-5,7-8H,2-3,6H2,1H3. The smallest absolute Gasteiger partial charge is 0.104 e. The first kappa shape index (κ1) is 8.84. The monoisotopic (exact) mass is 135 g/mol. The van der Waals surface area contributed by atoms with Crippen LogP contribution in [0.2, 0.25) is 0 Å². The van der Waals surface area contributed by atoms with Gasteiger partial charge in [0.15, 0.2) is 0 Å². The summed E-state index contributed by atoms with van der Waals surface area (Å²) in [4.78, 5) is 0. The van der Waals surface area contributed by atoms with Crippen LogP contribution in [0, 0.1) is 0 Å². The van der Waals surface area contributed by atoms with Gasteiger partial charge in [-0.2, -0.15) is 0 Å². The highest BCUT2D eigenvalue weighted by molar-refractivity contribution is 4.65. The number of ether oxygens (including phenoxy) is 1. The molecule has 0 aliphatic carbocycles. The van der Waals surface area contributed by atoms with Gasteiger partial charge < -0.3 is 20.7 Å². The lowest BCUT2D eigenvalue weighted by molar-refractivity contribution is -0.0214. The normalized spacial score (nSPS) is 17.3. The average molecular weight is 135 g/mol. The predicted octanol–water partition coefficient (Wildman–Crippen LogP) is -1.69. The Morgan fingerprint density at radius 1 is 1.44 bits per heavy atom. The maximum Gasteiger partial charge on any atom is 0.104 e. The second-order valence-corrected chi connectivity index (χ2v) is 1.83. The molecule has 0 bridgehead atoms. The Morgan fingerprint density at radius 3 is 2.33 bits per heavy atom. The van der Waals surface area contributed by atoms with E-state index in [9.17, 15) is 0 Å². The first-order chi connectivity index (χ1) is 4.22. The molecule has 0 rings (SSSR count). The van der Waals surface area contributed by atoms with Crippen molar-refractivity contribution >= 4 is 0 Å². The van der Waals surface area contributed by atoms with Gasteiger partial charge in [0.2, 0.25) is 0 Å². The highest BCUT2D eigenvalue weighted by Crippen LogP contribution is 1.90. The molecule has 0 amide bonds. The predicted molar refractivity (Wildman–Crippen MR) is 32.9 cm³/mol. The highest BCUT2D eigenvalue weighted by atomic mass is 16.5. The van der Waals surface area contributed by atoms with E-state index >= 15 is 0 Å². The van der Waals surface area contributed by atoms with Gasteiger partial charge in [-0.25, -0.2) is 0 Å². The first-order valence-corrected chi connectivity index (χ1v) is 2.77. The lowest BCUT2D eigenvalue weighted by Crippen LogP contribution is -2.36. The lowest BCUT2D eigenvalue weighted by atomic mass is 10.2. The van der Waals surface area contributed by atoms with Gasteiger partial charge in [0.1, 0.15) is 6.10 Å². The summed E-state index contributed by atoms with van der Waals surface area (Å²) in [6.07, 6.45) is -1.73. The van der Waals surface area contributed by atoms with Crippen molar-refractivity contribution in [1.82, 2.24) is 0 Å². The zero-order valence-corrected chi connectivity index (χ0v) is 5.45. The van der Waals surface area contributed by atoms with Gasteiger partial charge in [-0.05, 0) is 0 Å². The molecule has 4 nitrogen and oxygen atoms in total. The van der Waals surface area contributed by atoms with Crippen LogP contribution in [0.5, 0.6) is 0 Å². The van der Waals surface area contributed by atoms with E-state index in [2.05, 4.69) is 4.74 Å². The van der Waals surface area contributed by atoms with Crippen LogP contribution in [-0.4, -0.2) is 42.7 Å². The van der Waals surface area contributed by atoms with Gasteiger partial charge in [0.25, 0.3) is 0 Å². The minimum atomic E-state index is -0.870. The molecule has 2 unspecified atom stereocenters. The molecule has 0 aromatic carbocycles. The van der Waals surface area contributed by atoms with Crippen molar-refractivity contribution < 1.29 is 14.9 Å². The van der Waals surface area contributed by atoms with Gasteiger partial charge >= 0.3 is 0 Å². The van der Waals surface area contributed by atoms with Gasteiger partial charge in [-0.15, -0.1) is 0 Å². The maximum atomic E-state index is 8.86. The second-order valence-electron chi connectivity index (χ2n) is 1.83. The van der Waals surface area contributed by atoms with E-state index in [4.69, 9.17) is 15.9 Å². The summed E-state index contributed by atoms with van der Waals surface area (Å²) in [5.41, 5.74) is 5.04. The van der Waals surface area contributed by atoms with Crippen LogP contribution in [0.25, 0.3) is 0 Å². The summed E-state index contributed by atoms with van der Waals surface area (Å²) in [5.74, 6) is 0. The van der Waals surface area contributed by atoms with E-state index in [1.54, 1.807) is 0 Å². The molecule has 0 saturated carbocycles. The SMILES string of the molecule is COCC(O)C(O)CN. The molecule has 56 valence electrons. The van der Waals surface area contributed by atoms with E-state index in [0.717, 1.165) is 0 Å². The van der Waals surface area contributed by atoms with Crippen LogP contribution in [-0.2, 0) is 4.74 Å². The maximum absolute atomic E-state index is 8.86. The fourth-order valence-corrected chi connectivity index (χ4v) is 0.439. The van der Waals surface area contributed by atoms with E-state index < -0.39 is 12.2 Å². The molecule has 0 radical (unpaired) electrons. The Hall–Kier alpha value is -0.160. The van der Waals surface area contributed by atoms with Crippen LogP contribution >= 0.6 is 0 Å². The number of hydrogen-bond acceptors (Lipinski definition) is 4. The fourth-order valence-electron chi connectivity index (χ4n) is 0.439. The van der Waals surface area contributed by atoms with Crippen LogP contribution in [0.4, 0.5) is 0 Å². The molecule has 0 spiro atoms. The third-order valence-corrected chi connectivity index (χ3v) is 1.02. The van der Waals surface area contributed by atoms with Crippen molar-refractivity contribution in [2.45, 2.75) is 12.2 Å². The fraction of sp³-hybridized carbons (Fsp3) is 1.00. The molecular formula is C5H13NO3. The van der Waals surface area contributed by atoms with Crippen LogP contribution in [0.15, 0.2) is 0 Å². The number of rotatable bonds is 4. The third-order valence-electron chi connectivity index (χ3n) is 1.02. The topological polar surface area (TPSA) is 75.7 Å². The van der Waals surface area contributed by atoms with Crippen LogP contribution in [0.1, 0.15) is 0 Å². The summed E-state index contributed by atoms with van der Waals surface area (Å²) in [7, 11) is 1.45. The number of aliphatic hydroxyl groups is 2. The first-order valence-electron chi connectivity index (χ1n) is 2.77. The summed E-state index contributed by atoms with van der Waals surface area (Å²) in [6.45, 7) is 0.183. The summed E-state index contributed by atoms with van der Waals surface area (Å²) in [5, 5.41) is 17.7. The second kappa shape index (κ2) is 4.69. The van der Waals surface area contributed by atoms with Gasteiger partial charge in [-0.3, -0.25) is 0 Å². The molecule has 0 aromatic heterocycles. The van der Waals surface area contributed by atoms with Crippen molar-refractivity contribution in [2.24, 2.45) is 5.73 Å². The Balaban J connectivity index is 3.32. The van der Waals surface area contributed by atoms with Crippen molar-refractivity contribution in [3.05, 3.63) is 0 Å². The molecule has 0 aromatic rings. The quantitative estimate of drug-likeness (QED) is 0.430. The molecule has 0 aliphatic rings. The number of methoxy groups -OCH3 is 1. The van der Waals surface area contributed by atoms with Crippen molar-refractivity contribution in [3.8, 4) is 0 Å². The Bertz CT molecular complexity index is 69.2. The number of hydrogen-bond donors (Lipinski definition) is 3. The van der Waals surface area contributed by atoms with Crippen molar-refractivity contribution in [1.29, 1.82) is 0 Å². The molecule has 0 fully saturated rings. The van der Waals surface area contributed by atoms with Crippen molar-refractivity contribution in [3.63, 3.8) is 0 Å². The minimum Gasteiger partial charge on any atom is -0.389 e. The molecule has 9 heavy (non-hydrogen) atoms. The Kier molecular flexibility index (Phi) is 4.61. The van der Waals surface area contributed by atoms with Crippen molar-refractivity contribution in [2.75, 3.05) is 20.3 Å². The van der Waals surface area contributed by atoms with Gasteiger partial charge in [0, 0.05) is 13.7 Å². The Morgan fingerprint density at radius 2 is 2.00 bits per heavy atom. The zero-order valence-electron chi connectivity index (χ0n) is 5.45. The van der Waals surface area contributed by atoms with E-state index in [-0.39, 0.29) is 13.2 Å². The summed E-state index contributed by atoms with van der Waals surface area (Å²) < 4.78 is 4.56. The molecule has 2 atom stereocenters. The molecule has 0 saturated heterocycles. The van der Waals surface area contributed by atoms with E-state index in [1.165, 1.54) is 7.11 Å². The van der Waals surface area contributed by atoms with Crippen LogP contribution < -0.4 is 5.73 Å². The third kappa shape index (κ3) is 3.42. The zero-order chi connectivity index (χ0) is 7.28. The summed E-state index contributed by atoms with van der Waals surface area (Å²) in [6, 6.07) is 0. The van der Waals surface area contributed by atoms with Gasteiger partial charge in [0.05, 0.1) is 12.7 Å². The number of nitrogens with two attached hydrogens (primary N) is 1. The highest BCUT2D eigenvalue weighted by Gasteiger charge is 2.12. The van der Waals surface area contributed by atoms with E-state index in [0.29, 0.717) is 0 Å². The molecule has 0 heterocycles. The molecule has 0 aliphatic heterocycles. The molecule has 4 heteroatoms. The molecule has 4 N–H and O–H groups in total. The van der Waals surface area contributed by atoms with Crippen LogP contribution in [0.3, 0.4) is 0 Å².